The Bertz CT molecular complexity index is 710. The van der Waals surface area contributed by atoms with Crippen LogP contribution in [0.25, 0.3) is 5.78 Å². The summed E-state index contributed by atoms with van der Waals surface area (Å²) < 4.78 is 1.55. The van der Waals surface area contributed by atoms with E-state index >= 15 is 0 Å². The fourth-order valence-electron chi connectivity index (χ4n) is 2.30. The van der Waals surface area contributed by atoms with E-state index in [0.29, 0.717) is 18.7 Å². The number of carbonyl (C=O) groups is 2. The lowest BCUT2D eigenvalue weighted by atomic mass is 10.1. The van der Waals surface area contributed by atoms with Crippen molar-refractivity contribution in [3.05, 3.63) is 23.3 Å². The number of amides is 1. The topological polar surface area (TPSA) is 109 Å². The van der Waals surface area contributed by atoms with E-state index in [1.54, 1.807) is 4.52 Å². The molecule has 1 amide bonds. The van der Waals surface area contributed by atoms with E-state index in [1.165, 1.54) is 0 Å². The van der Waals surface area contributed by atoms with Gasteiger partial charge in [0.05, 0.1) is 0 Å². The lowest BCUT2D eigenvalue weighted by Crippen LogP contribution is -2.25. The maximum atomic E-state index is 12.0. The van der Waals surface area contributed by atoms with Crippen molar-refractivity contribution in [2.24, 2.45) is 0 Å². The van der Waals surface area contributed by atoms with Crippen LogP contribution in [-0.4, -0.2) is 43.1 Å². The molecule has 0 aliphatic heterocycles. The van der Waals surface area contributed by atoms with E-state index in [1.807, 2.05) is 19.9 Å². The van der Waals surface area contributed by atoms with Crippen LogP contribution in [0.2, 0.25) is 0 Å². The minimum Gasteiger partial charge on any atom is -0.481 e. The highest BCUT2D eigenvalue weighted by atomic mass is 16.4. The average molecular weight is 319 g/mol. The summed E-state index contributed by atoms with van der Waals surface area (Å²) >= 11 is 0. The number of aryl methyl sites for hydroxylation is 2. The van der Waals surface area contributed by atoms with Gasteiger partial charge in [0.1, 0.15) is 0 Å². The third-order valence-corrected chi connectivity index (χ3v) is 3.42. The molecule has 8 heteroatoms. The molecule has 8 nitrogen and oxygen atoms in total. The van der Waals surface area contributed by atoms with E-state index < -0.39 is 5.97 Å². The van der Waals surface area contributed by atoms with Crippen molar-refractivity contribution in [3.63, 3.8) is 0 Å². The van der Waals surface area contributed by atoms with Gasteiger partial charge in [0.2, 0.25) is 5.82 Å². The van der Waals surface area contributed by atoms with Crippen LogP contribution in [0.4, 0.5) is 0 Å². The number of nitrogens with one attached hydrogen (secondary N) is 1. The van der Waals surface area contributed by atoms with Gasteiger partial charge in [-0.05, 0) is 32.8 Å². The molecule has 2 aromatic rings. The number of fused-ring (bicyclic) bond motifs is 1. The molecule has 124 valence electrons. The van der Waals surface area contributed by atoms with Gasteiger partial charge in [-0.25, -0.2) is 9.50 Å². The van der Waals surface area contributed by atoms with Gasteiger partial charge in [-0.15, -0.1) is 5.10 Å². The first kappa shape index (κ1) is 16.9. The van der Waals surface area contributed by atoms with Crippen LogP contribution < -0.4 is 5.32 Å². The van der Waals surface area contributed by atoms with E-state index in [2.05, 4.69) is 20.4 Å². The number of hydrogen-bond donors (Lipinski definition) is 2. The van der Waals surface area contributed by atoms with Crippen molar-refractivity contribution in [3.8, 4) is 0 Å². The van der Waals surface area contributed by atoms with Gasteiger partial charge in [-0.2, -0.15) is 4.98 Å². The van der Waals surface area contributed by atoms with Crippen LogP contribution in [0.5, 0.6) is 0 Å². The van der Waals surface area contributed by atoms with E-state index in [4.69, 9.17) is 5.11 Å². The molecule has 2 aromatic heterocycles. The molecule has 2 heterocycles. The van der Waals surface area contributed by atoms with Gasteiger partial charge in [0.25, 0.3) is 11.7 Å². The lowest BCUT2D eigenvalue weighted by Gasteiger charge is -2.02. The monoisotopic (exact) mass is 319 g/mol. The van der Waals surface area contributed by atoms with Crippen LogP contribution in [0.3, 0.4) is 0 Å². The molecule has 2 N–H and O–H groups in total. The largest absolute Gasteiger partial charge is 0.481 e. The number of carboxylic acid groups (broad SMARTS) is 1. The Morgan fingerprint density at radius 2 is 1.91 bits per heavy atom. The summed E-state index contributed by atoms with van der Waals surface area (Å²) in [6, 6.07) is 1.88. The number of hydrogen-bond acceptors (Lipinski definition) is 5. The van der Waals surface area contributed by atoms with E-state index in [0.717, 1.165) is 30.7 Å². The summed E-state index contributed by atoms with van der Waals surface area (Å²) in [5.74, 6) is -0.563. The minimum absolute atomic E-state index is 0.108. The Morgan fingerprint density at radius 3 is 2.65 bits per heavy atom. The highest BCUT2D eigenvalue weighted by molar-refractivity contribution is 5.90. The molecule has 0 radical (unpaired) electrons. The standard InChI is InChI=1S/C15H21N5O3/c1-10-9-11(2)20-15(17-10)18-13(19-20)14(23)16-8-6-4-3-5-7-12(21)22/h9H,3-8H2,1-2H3,(H,16,23)(H,21,22). The highest BCUT2D eigenvalue weighted by Crippen LogP contribution is 2.06. The Kier molecular flexibility index (Phi) is 5.61. The number of aromatic nitrogens is 4. The Labute approximate surface area is 133 Å². The molecular weight excluding hydrogens is 298 g/mol. The number of unbranched alkanes of at least 4 members (excludes halogenated alkanes) is 3. The van der Waals surface area contributed by atoms with Crippen LogP contribution in [0.15, 0.2) is 6.07 Å². The van der Waals surface area contributed by atoms with E-state index in [-0.39, 0.29) is 18.2 Å². The molecule has 0 aliphatic carbocycles. The normalized spacial score (nSPS) is 10.9. The Balaban J connectivity index is 1.80. The molecule has 0 saturated carbocycles. The van der Waals surface area contributed by atoms with Crippen molar-refractivity contribution >= 4 is 17.7 Å². The first-order chi connectivity index (χ1) is 11.0. The smallest absolute Gasteiger partial charge is 0.303 e. The van der Waals surface area contributed by atoms with Crippen molar-refractivity contribution in [2.75, 3.05) is 6.54 Å². The Hall–Kier alpha value is -2.51. The Morgan fingerprint density at radius 1 is 1.17 bits per heavy atom. The maximum Gasteiger partial charge on any atom is 0.303 e. The first-order valence-corrected chi connectivity index (χ1v) is 7.68. The molecule has 0 bridgehead atoms. The molecule has 0 atom stereocenters. The second-order valence-electron chi connectivity index (χ2n) is 5.50. The number of aliphatic carboxylic acids is 1. The molecule has 0 aliphatic rings. The zero-order valence-corrected chi connectivity index (χ0v) is 13.4. The van der Waals surface area contributed by atoms with Crippen molar-refractivity contribution in [1.82, 2.24) is 24.9 Å². The highest BCUT2D eigenvalue weighted by Gasteiger charge is 2.14. The third kappa shape index (κ3) is 4.73. The molecule has 0 unspecified atom stereocenters. The summed E-state index contributed by atoms with van der Waals surface area (Å²) in [5.41, 5.74) is 1.70. The van der Waals surface area contributed by atoms with Gasteiger partial charge >= 0.3 is 5.97 Å². The minimum atomic E-state index is -0.768. The zero-order chi connectivity index (χ0) is 16.8. The van der Waals surface area contributed by atoms with Crippen LogP contribution >= 0.6 is 0 Å². The molecule has 0 aromatic carbocycles. The predicted molar refractivity (Wildman–Crippen MR) is 83.3 cm³/mol. The van der Waals surface area contributed by atoms with Crippen molar-refractivity contribution < 1.29 is 14.7 Å². The molecular formula is C15H21N5O3. The predicted octanol–water partition coefficient (Wildman–Crippen LogP) is 1.51. The van der Waals surface area contributed by atoms with Gasteiger partial charge < -0.3 is 10.4 Å². The quantitative estimate of drug-likeness (QED) is 0.714. The molecule has 2 rings (SSSR count). The van der Waals surface area contributed by atoms with Crippen molar-refractivity contribution in [2.45, 2.75) is 46.0 Å². The average Bonchev–Trinajstić information content (AvgIpc) is 2.90. The fourth-order valence-corrected chi connectivity index (χ4v) is 2.30. The number of carboxylic acids is 1. The number of rotatable bonds is 8. The second-order valence-corrected chi connectivity index (χ2v) is 5.50. The molecule has 0 fully saturated rings. The van der Waals surface area contributed by atoms with Gasteiger partial charge in [0, 0.05) is 24.4 Å². The molecule has 23 heavy (non-hydrogen) atoms. The second kappa shape index (κ2) is 7.66. The molecule has 0 saturated heterocycles. The first-order valence-electron chi connectivity index (χ1n) is 7.68. The third-order valence-electron chi connectivity index (χ3n) is 3.42. The lowest BCUT2D eigenvalue weighted by molar-refractivity contribution is -0.137. The van der Waals surface area contributed by atoms with Crippen LogP contribution in [0.1, 0.15) is 54.1 Å². The zero-order valence-electron chi connectivity index (χ0n) is 13.4. The summed E-state index contributed by atoms with van der Waals surface area (Å²) in [5, 5.41) is 15.5. The van der Waals surface area contributed by atoms with Crippen LogP contribution in [0, 0.1) is 13.8 Å². The summed E-state index contributed by atoms with van der Waals surface area (Å²) in [6.45, 7) is 4.27. The van der Waals surface area contributed by atoms with Gasteiger partial charge in [0.15, 0.2) is 0 Å². The fraction of sp³-hybridized carbons (Fsp3) is 0.533. The van der Waals surface area contributed by atoms with Gasteiger partial charge in [-0.1, -0.05) is 12.8 Å². The SMILES string of the molecule is Cc1cc(C)n2nc(C(=O)NCCCCCCC(=O)O)nc2n1. The molecule has 0 spiro atoms. The maximum absolute atomic E-state index is 12.0. The summed E-state index contributed by atoms with van der Waals surface area (Å²) in [7, 11) is 0. The summed E-state index contributed by atoms with van der Waals surface area (Å²) in [6.07, 6.45) is 3.39. The summed E-state index contributed by atoms with van der Waals surface area (Å²) in [4.78, 5) is 30.8. The van der Waals surface area contributed by atoms with Crippen LogP contribution in [-0.2, 0) is 4.79 Å². The number of nitrogens with zero attached hydrogens (tertiary/aromatic N) is 4. The van der Waals surface area contributed by atoms with Gasteiger partial charge in [-0.3, -0.25) is 9.59 Å². The van der Waals surface area contributed by atoms with E-state index in [9.17, 15) is 9.59 Å². The number of carbonyl (C=O) groups excluding carboxylic acids is 1. The van der Waals surface area contributed by atoms with Crippen molar-refractivity contribution in [1.29, 1.82) is 0 Å².